The zero-order valence-corrected chi connectivity index (χ0v) is 16.5. The van der Waals surface area contributed by atoms with E-state index in [9.17, 15) is 9.59 Å². The number of rotatable bonds is 5. The highest BCUT2D eigenvalue weighted by molar-refractivity contribution is 6.30. The third-order valence-corrected chi connectivity index (χ3v) is 5.36. The Morgan fingerprint density at radius 3 is 2.26 bits per heavy atom. The quantitative estimate of drug-likeness (QED) is 0.790. The molecule has 144 valence electrons. The number of carbonyl (C=O) groups excluding carboxylic acids is 1. The second kappa shape index (κ2) is 8.57. The van der Waals surface area contributed by atoms with Crippen LogP contribution in [0.2, 0.25) is 5.02 Å². The van der Waals surface area contributed by atoms with E-state index in [0.717, 1.165) is 18.7 Å². The zero-order chi connectivity index (χ0) is 19.4. The summed E-state index contributed by atoms with van der Waals surface area (Å²) in [4.78, 5) is 28.8. The molecule has 2 aromatic rings. The van der Waals surface area contributed by atoms with Gasteiger partial charge >= 0.3 is 0 Å². The van der Waals surface area contributed by atoms with Crippen LogP contribution in [-0.2, 0) is 4.79 Å². The number of hydrogen-bond acceptors (Lipinski definition) is 4. The summed E-state index contributed by atoms with van der Waals surface area (Å²) >= 11 is 5.93. The number of hydrogen-bond donors (Lipinski definition) is 0. The van der Waals surface area contributed by atoms with Crippen LogP contribution < -0.4 is 10.5 Å². The van der Waals surface area contributed by atoms with Crippen LogP contribution in [0.4, 0.5) is 5.82 Å². The molecule has 2 heterocycles. The Balaban J connectivity index is 1.73. The lowest BCUT2D eigenvalue weighted by Gasteiger charge is -2.36. The average Bonchev–Trinajstić information content (AvgIpc) is 2.70. The zero-order valence-electron chi connectivity index (χ0n) is 15.8. The Kier molecular flexibility index (Phi) is 6.16. The number of carbonyl (C=O) groups is 1. The van der Waals surface area contributed by atoms with Crippen LogP contribution in [0.25, 0.3) is 5.69 Å². The van der Waals surface area contributed by atoms with E-state index in [1.54, 1.807) is 30.3 Å². The predicted octanol–water partition coefficient (Wildman–Crippen LogP) is 2.97. The van der Waals surface area contributed by atoms with Crippen LogP contribution in [0.5, 0.6) is 0 Å². The summed E-state index contributed by atoms with van der Waals surface area (Å²) in [6, 6.07) is 10.3. The molecule has 1 aliphatic heterocycles. The van der Waals surface area contributed by atoms with Gasteiger partial charge in [-0.25, -0.2) is 0 Å². The van der Waals surface area contributed by atoms with Crippen molar-refractivity contribution in [2.24, 2.45) is 5.92 Å². The largest absolute Gasteiger partial charge is 0.352 e. The standard InChI is InChI=1S/C20H25ClN4O2/c1-3-15(4-2)20(27)24-13-11-23(12-14-24)18-9-10-19(26)25(22-18)17-7-5-16(21)6-8-17/h5-10,15H,3-4,11-14H2,1-2H3. The van der Waals surface area contributed by atoms with Crippen molar-refractivity contribution in [2.75, 3.05) is 31.1 Å². The predicted molar refractivity (Wildman–Crippen MR) is 108 cm³/mol. The Morgan fingerprint density at radius 1 is 1.04 bits per heavy atom. The number of benzene rings is 1. The lowest BCUT2D eigenvalue weighted by molar-refractivity contribution is -0.136. The van der Waals surface area contributed by atoms with Crippen molar-refractivity contribution >= 4 is 23.3 Å². The van der Waals surface area contributed by atoms with Gasteiger partial charge in [0.1, 0.15) is 5.82 Å². The molecule has 0 saturated carbocycles. The molecular weight excluding hydrogens is 364 g/mol. The molecule has 1 aromatic carbocycles. The summed E-state index contributed by atoms with van der Waals surface area (Å²) < 4.78 is 1.38. The molecule has 1 aromatic heterocycles. The van der Waals surface area contributed by atoms with E-state index >= 15 is 0 Å². The highest BCUT2D eigenvalue weighted by Crippen LogP contribution is 2.18. The lowest BCUT2D eigenvalue weighted by atomic mass is 10.0. The maximum absolute atomic E-state index is 12.6. The number of nitrogens with zero attached hydrogens (tertiary/aromatic N) is 4. The second-order valence-electron chi connectivity index (χ2n) is 6.74. The molecule has 0 radical (unpaired) electrons. The summed E-state index contributed by atoms with van der Waals surface area (Å²) in [7, 11) is 0. The van der Waals surface area contributed by atoms with Crippen LogP contribution in [-0.4, -0.2) is 46.8 Å². The van der Waals surface area contributed by atoms with Crippen LogP contribution in [0.1, 0.15) is 26.7 Å². The summed E-state index contributed by atoms with van der Waals surface area (Å²) in [5, 5.41) is 5.13. The summed E-state index contributed by atoms with van der Waals surface area (Å²) in [6.07, 6.45) is 1.76. The highest BCUT2D eigenvalue weighted by Gasteiger charge is 2.26. The van der Waals surface area contributed by atoms with Gasteiger partial charge in [0, 0.05) is 43.2 Å². The maximum atomic E-state index is 12.6. The fraction of sp³-hybridized carbons (Fsp3) is 0.450. The molecule has 1 fully saturated rings. The Hall–Kier alpha value is -2.34. The van der Waals surface area contributed by atoms with Crippen molar-refractivity contribution in [1.29, 1.82) is 0 Å². The molecular formula is C20H25ClN4O2. The third kappa shape index (κ3) is 4.33. The van der Waals surface area contributed by atoms with Gasteiger partial charge in [-0.1, -0.05) is 25.4 Å². The van der Waals surface area contributed by atoms with E-state index in [2.05, 4.69) is 23.8 Å². The molecule has 0 bridgehead atoms. The van der Waals surface area contributed by atoms with E-state index < -0.39 is 0 Å². The summed E-state index contributed by atoms with van der Waals surface area (Å²) in [5.74, 6) is 1.10. The maximum Gasteiger partial charge on any atom is 0.271 e. The van der Waals surface area contributed by atoms with Crippen molar-refractivity contribution in [3.05, 3.63) is 51.8 Å². The van der Waals surface area contributed by atoms with Gasteiger partial charge in [0.05, 0.1) is 5.69 Å². The first-order valence-corrected chi connectivity index (χ1v) is 9.81. The second-order valence-corrected chi connectivity index (χ2v) is 7.18. The fourth-order valence-electron chi connectivity index (χ4n) is 3.39. The molecule has 1 aliphatic rings. The molecule has 3 rings (SSSR count). The SMILES string of the molecule is CCC(CC)C(=O)N1CCN(c2ccc(=O)n(-c3ccc(Cl)cc3)n2)CC1. The van der Waals surface area contributed by atoms with Gasteiger partial charge < -0.3 is 9.80 Å². The smallest absolute Gasteiger partial charge is 0.271 e. The normalized spacial score (nSPS) is 14.7. The molecule has 0 spiro atoms. The molecule has 7 heteroatoms. The first-order valence-electron chi connectivity index (χ1n) is 9.43. The van der Waals surface area contributed by atoms with Crippen molar-refractivity contribution < 1.29 is 4.79 Å². The lowest BCUT2D eigenvalue weighted by Crippen LogP contribution is -2.50. The molecule has 1 amide bonds. The van der Waals surface area contributed by atoms with Crippen LogP contribution >= 0.6 is 11.6 Å². The van der Waals surface area contributed by atoms with Gasteiger partial charge in [-0.15, -0.1) is 5.10 Å². The Labute approximate surface area is 164 Å². The van der Waals surface area contributed by atoms with Crippen LogP contribution in [0.3, 0.4) is 0 Å². The molecule has 0 N–H and O–H groups in total. The van der Waals surface area contributed by atoms with Crippen molar-refractivity contribution in [3.8, 4) is 5.69 Å². The number of aromatic nitrogens is 2. The minimum Gasteiger partial charge on any atom is -0.352 e. The van der Waals surface area contributed by atoms with Crippen molar-refractivity contribution in [1.82, 2.24) is 14.7 Å². The fourth-order valence-corrected chi connectivity index (χ4v) is 3.52. The minimum absolute atomic E-state index is 0.112. The number of halogens is 1. The number of piperazine rings is 1. The number of anilines is 1. The molecule has 1 saturated heterocycles. The molecule has 0 unspecified atom stereocenters. The van der Waals surface area contributed by atoms with E-state index in [1.165, 1.54) is 10.7 Å². The van der Waals surface area contributed by atoms with E-state index in [1.807, 2.05) is 4.90 Å². The summed E-state index contributed by atoms with van der Waals surface area (Å²) in [5.41, 5.74) is 0.484. The molecule has 27 heavy (non-hydrogen) atoms. The van der Waals surface area contributed by atoms with Crippen molar-refractivity contribution in [2.45, 2.75) is 26.7 Å². The van der Waals surface area contributed by atoms with Crippen LogP contribution in [0, 0.1) is 5.92 Å². The minimum atomic E-state index is -0.191. The van der Waals surface area contributed by atoms with Gasteiger partial charge in [-0.3, -0.25) is 9.59 Å². The Bertz CT molecular complexity index is 838. The van der Waals surface area contributed by atoms with E-state index in [0.29, 0.717) is 36.9 Å². The summed E-state index contributed by atoms with van der Waals surface area (Å²) in [6.45, 7) is 6.89. The van der Waals surface area contributed by atoms with Crippen molar-refractivity contribution in [3.63, 3.8) is 0 Å². The average molecular weight is 389 g/mol. The number of amides is 1. The first-order chi connectivity index (χ1) is 13.0. The van der Waals surface area contributed by atoms with Gasteiger partial charge in [-0.05, 0) is 43.2 Å². The van der Waals surface area contributed by atoms with Crippen LogP contribution in [0.15, 0.2) is 41.2 Å². The Morgan fingerprint density at radius 2 is 1.67 bits per heavy atom. The van der Waals surface area contributed by atoms with E-state index in [-0.39, 0.29) is 17.4 Å². The van der Waals surface area contributed by atoms with E-state index in [4.69, 9.17) is 11.6 Å². The van der Waals surface area contributed by atoms with Gasteiger partial charge in [-0.2, -0.15) is 4.68 Å². The molecule has 6 nitrogen and oxygen atoms in total. The van der Waals surface area contributed by atoms with Gasteiger partial charge in [0.2, 0.25) is 5.91 Å². The monoisotopic (exact) mass is 388 g/mol. The molecule has 0 aliphatic carbocycles. The van der Waals surface area contributed by atoms with Gasteiger partial charge in [0.25, 0.3) is 5.56 Å². The topological polar surface area (TPSA) is 58.4 Å². The third-order valence-electron chi connectivity index (χ3n) is 5.11. The molecule has 0 atom stereocenters. The highest BCUT2D eigenvalue weighted by atomic mass is 35.5. The van der Waals surface area contributed by atoms with Gasteiger partial charge in [0.15, 0.2) is 0 Å². The first kappa shape index (κ1) is 19.4.